The van der Waals surface area contributed by atoms with Gasteiger partial charge in [0.1, 0.15) is 11.8 Å². The molecule has 4 rings (SSSR count). The van der Waals surface area contributed by atoms with Crippen molar-refractivity contribution in [1.82, 2.24) is 15.2 Å². The molecule has 0 spiro atoms. The highest BCUT2D eigenvalue weighted by Gasteiger charge is 2.38. The van der Waals surface area contributed by atoms with Gasteiger partial charge in [-0.25, -0.2) is 0 Å². The van der Waals surface area contributed by atoms with Crippen molar-refractivity contribution in [3.05, 3.63) is 70.4 Å². The third-order valence-corrected chi connectivity index (χ3v) is 6.53. The molecule has 1 saturated heterocycles. The number of methoxy groups -OCH3 is 2. The van der Waals surface area contributed by atoms with Crippen molar-refractivity contribution < 1.29 is 19.1 Å². The number of nitrogens with zero attached hydrogens (tertiary/aromatic N) is 2. The van der Waals surface area contributed by atoms with E-state index in [9.17, 15) is 9.59 Å². The highest BCUT2D eigenvalue weighted by atomic mass is 16.5. The number of esters is 1. The zero-order chi connectivity index (χ0) is 24.4. The van der Waals surface area contributed by atoms with Crippen molar-refractivity contribution >= 4 is 22.8 Å². The van der Waals surface area contributed by atoms with Crippen LogP contribution in [0.3, 0.4) is 0 Å². The zero-order valence-electron chi connectivity index (χ0n) is 20.3. The van der Waals surface area contributed by atoms with Crippen LogP contribution in [0.25, 0.3) is 10.9 Å². The van der Waals surface area contributed by atoms with Gasteiger partial charge in [0.15, 0.2) is 0 Å². The molecule has 0 radical (unpaired) electrons. The summed E-state index contributed by atoms with van der Waals surface area (Å²) in [7, 11) is 3.07. The molecule has 1 fully saturated rings. The Balaban J connectivity index is 1.55. The largest absolute Gasteiger partial charge is 0.496 e. The summed E-state index contributed by atoms with van der Waals surface area (Å²) in [5, 5.41) is 3.96. The first-order chi connectivity index (χ1) is 16.3. The van der Waals surface area contributed by atoms with E-state index in [1.54, 1.807) is 7.11 Å². The smallest absolute Gasteiger partial charge is 0.323 e. The molecule has 2 heterocycles. The number of pyridine rings is 1. The van der Waals surface area contributed by atoms with Crippen LogP contribution < -0.4 is 10.1 Å². The van der Waals surface area contributed by atoms with E-state index >= 15 is 0 Å². The monoisotopic (exact) mass is 461 g/mol. The van der Waals surface area contributed by atoms with Crippen LogP contribution in [0.5, 0.6) is 5.75 Å². The molecule has 1 aliphatic rings. The molecule has 0 saturated carbocycles. The molecule has 0 bridgehead atoms. The second-order valence-corrected chi connectivity index (χ2v) is 8.95. The van der Waals surface area contributed by atoms with Crippen molar-refractivity contribution in [3.8, 4) is 5.75 Å². The first kappa shape index (κ1) is 23.7. The lowest BCUT2D eigenvalue weighted by atomic mass is 10.0. The second-order valence-electron chi connectivity index (χ2n) is 8.95. The van der Waals surface area contributed by atoms with Gasteiger partial charge in [0.25, 0.3) is 5.91 Å². The minimum Gasteiger partial charge on any atom is -0.496 e. The Morgan fingerprint density at radius 2 is 1.85 bits per heavy atom. The molecule has 2 aromatic carbocycles. The standard InChI is InChI=1S/C27H31N3O4/c1-16-11-25(33-4)17(2)10-19(16)14-30-15-20(13-24(30)27(32)34-5)29-26(31)22-12-18(3)28-23-9-7-6-8-21(22)23/h6-12,20,24H,13-15H2,1-5H3,(H,29,31)/t20-,24+/m1/s1. The predicted octanol–water partition coefficient (Wildman–Crippen LogP) is 3.71. The van der Waals surface area contributed by atoms with E-state index in [2.05, 4.69) is 21.3 Å². The van der Waals surface area contributed by atoms with E-state index < -0.39 is 6.04 Å². The average Bonchev–Trinajstić information content (AvgIpc) is 3.21. The summed E-state index contributed by atoms with van der Waals surface area (Å²) >= 11 is 0. The Bertz CT molecular complexity index is 1240. The number of amides is 1. The van der Waals surface area contributed by atoms with Crippen LogP contribution in [0, 0.1) is 20.8 Å². The Labute approximate surface area is 200 Å². The van der Waals surface area contributed by atoms with Crippen molar-refractivity contribution in [2.45, 2.75) is 45.8 Å². The summed E-state index contributed by atoms with van der Waals surface area (Å²) in [4.78, 5) is 32.5. The quantitative estimate of drug-likeness (QED) is 0.564. The lowest BCUT2D eigenvalue weighted by Gasteiger charge is -2.23. The summed E-state index contributed by atoms with van der Waals surface area (Å²) in [5.74, 6) is 0.399. The van der Waals surface area contributed by atoms with Gasteiger partial charge in [0.2, 0.25) is 0 Å². The van der Waals surface area contributed by atoms with Crippen LogP contribution in [-0.4, -0.2) is 54.6 Å². The number of para-hydroxylation sites is 1. The van der Waals surface area contributed by atoms with Crippen molar-refractivity contribution in [2.24, 2.45) is 0 Å². The average molecular weight is 462 g/mol. The van der Waals surface area contributed by atoms with Crippen molar-refractivity contribution in [2.75, 3.05) is 20.8 Å². The Hall–Kier alpha value is -3.45. The van der Waals surface area contributed by atoms with Crippen LogP contribution in [0.1, 0.15) is 39.2 Å². The Morgan fingerprint density at radius 1 is 1.09 bits per heavy atom. The number of fused-ring (bicyclic) bond motifs is 1. The highest BCUT2D eigenvalue weighted by molar-refractivity contribution is 6.06. The number of rotatable bonds is 6. The molecule has 34 heavy (non-hydrogen) atoms. The lowest BCUT2D eigenvalue weighted by molar-refractivity contribution is -0.146. The number of ether oxygens (including phenoxy) is 2. The SMILES string of the molecule is COC(=O)[C@@H]1C[C@@H](NC(=O)c2cc(C)nc3ccccc23)CN1Cc1cc(C)c(OC)cc1C. The number of carbonyl (C=O) groups is 2. The third-order valence-electron chi connectivity index (χ3n) is 6.53. The van der Waals surface area contributed by atoms with Gasteiger partial charge in [-0.1, -0.05) is 24.3 Å². The van der Waals surface area contributed by atoms with E-state index in [1.807, 2.05) is 57.2 Å². The van der Waals surface area contributed by atoms with E-state index in [-0.39, 0.29) is 17.9 Å². The van der Waals surface area contributed by atoms with E-state index in [0.717, 1.165) is 39.0 Å². The fourth-order valence-corrected chi connectivity index (χ4v) is 4.78. The summed E-state index contributed by atoms with van der Waals surface area (Å²) < 4.78 is 10.5. The van der Waals surface area contributed by atoms with Crippen LogP contribution >= 0.6 is 0 Å². The molecular weight excluding hydrogens is 430 g/mol. The molecule has 2 atom stereocenters. The molecule has 7 heteroatoms. The maximum absolute atomic E-state index is 13.3. The number of hydrogen-bond donors (Lipinski definition) is 1. The highest BCUT2D eigenvalue weighted by Crippen LogP contribution is 2.28. The fraction of sp³-hybridized carbons (Fsp3) is 0.370. The number of aromatic nitrogens is 1. The number of hydrogen-bond acceptors (Lipinski definition) is 6. The maximum atomic E-state index is 13.3. The van der Waals surface area contributed by atoms with E-state index in [0.29, 0.717) is 25.1 Å². The molecule has 1 aromatic heterocycles. The summed E-state index contributed by atoms with van der Waals surface area (Å²) in [6.45, 7) is 7.06. The molecule has 0 aliphatic carbocycles. The molecule has 0 unspecified atom stereocenters. The molecule has 3 aromatic rings. The molecule has 1 N–H and O–H groups in total. The van der Waals surface area contributed by atoms with Crippen molar-refractivity contribution in [1.29, 1.82) is 0 Å². The topological polar surface area (TPSA) is 80.8 Å². The first-order valence-electron chi connectivity index (χ1n) is 11.4. The summed E-state index contributed by atoms with van der Waals surface area (Å²) in [6, 6.07) is 13.0. The van der Waals surface area contributed by atoms with Gasteiger partial charge >= 0.3 is 5.97 Å². The Morgan fingerprint density at radius 3 is 2.59 bits per heavy atom. The van der Waals surface area contributed by atoms with Crippen molar-refractivity contribution in [3.63, 3.8) is 0 Å². The van der Waals surface area contributed by atoms with Gasteiger partial charge in [-0.15, -0.1) is 0 Å². The molecule has 1 aliphatic heterocycles. The van der Waals surface area contributed by atoms with E-state index in [1.165, 1.54) is 7.11 Å². The predicted molar refractivity (Wildman–Crippen MR) is 131 cm³/mol. The molecule has 7 nitrogen and oxygen atoms in total. The third kappa shape index (κ3) is 4.75. The number of likely N-dealkylation sites (tertiary alicyclic amines) is 1. The zero-order valence-corrected chi connectivity index (χ0v) is 20.3. The first-order valence-corrected chi connectivity index (χ1v) is 11.4. The van der Waals surface area contributed by atoms with Gasteiger partial charge in [-0.05, 0) is 62.1 Å². The maximum Gasteiger partial charge on any atom is 0.323 e. The van der Waals surface area contributed by atoms with Gasteiger partial charge in [0.05, 0.1) is 25.3 Å². The van der Waals surface area contributed by atoms with Gasteiger partial charge in [-0.3, -0.25) is 19.5 Å². The molecule has 178 valence electrons. The summed E-state index contributed by atoms with van der Waals surface area (Å²) in [6.07, 6.45) is 0.495. The summed E-state index contributed by atoms with van der Waals surface area (Å²) in [5.41, 5.74) is 5.43. The number of carbonyl (C=O) groups excluding carboxylic acids is 2. The van der Waals surface area contributed by atoms with Gasteiger partial charge in [-0.2, -0.15) is 0 Å². The minimum atomic E-state index is -0.423. The Kier molecular flexibility index (Phi) is 6.84. The molecular formula is C27H31N3O4. The number of aryl methyl sites for hydroxylation is 3. The molecule has 1 amide bonds. The number of nitrogens with one attached hydrogen (secondary N) is 1. The van der Waals surface area contributed by atoms with Crippen LogP contribution in [0.4, 0.5) is 0 Å². The second kappa shape index (κ2) is 9.81. The minimum absolute atomic E-state index is 0.159. The lowest BCUT2D eigenvalue weighted by Crippen LogP contribution is -2.38. The van der Waals surface area contributed by atoms with Crippen LogP contribution in [0.15, 0.2) is 42.5 Å². The van der Waals surface area contributed by atoms with Crippen LogP contribution in [0.2, 0.25) is 0 Å². The normalized spacial score (nSPS) is 18.1. The fourth-order valence-electron chi connectivity index (χ4n) is 4.78. The van der Waals surface area contributed by atoms with Crippen LogP contribution in [-0.2, 0) is 16.1 Å². The number of benzene rings is 2. The van der Waals surface area contributed by atoms with E-state index in [4.69, 9.17) is 9.47 Å². The van der Waals surface area contributed by atoms with Gasteiger partial charge in [0, 0.05) is 30.2 Å². The van der Waals surface area contributed by atoms with Gasteiger partial charge < -0.3 is 14.8 Å².